The zero-order valence-electron chi connectivity index (χ0n) is 20.5. The highest BCUT2D eigenvalue weighted by atomic mass is 32.2. The van der Waals surface area contributed by atoms with E-state index in [2.05, 4.69) is 12.2 Å². The number of sulfonamides is 1. The molecular formula is C26H35N3O4S. The maximum Gasteiger partial charge on any atom is 0.321 e. The molecule has 0 atom stereocenters. The van der Waals surface area contributed by atoms with Gasteiger partial charge >= 0.3 is 6.03 Å². The third kappa shape index (κ3) is 5.85. The summed E-state index contributed by atoms with van der Waals surface area (Å²) in [4.78, 5) is 27.5. The second-order valence-corrected chi connectivity index (χ2v) is 11.5. The van der Waals surface area contributed by atoms with Gasteiger partial charge < -0.3 is 10.2 Å². The first-order valence-electron chi connectivity index (χ1n) is 11.8. The standard InChI is InChI=1S/C26H35N3O4S/c1-5-17-26(2,3)24(30)20-11-13-21(14-12-20)27-25(31)28(4)22-15-18-29(19-16-22)34(32,33)23-9-7-6-8-10-23/h6-14,22H,5,15-19H2,1-4H3,(H,27,31). The number of ketones is 1. The van der Waals surface area contributed by atoms with Crippen LogP contribution in [0.1, 0.15) is 56.8 Å². The van der Waals surface area contributed by atoms with Gasteiger partial charge in [-0.1, -0.05) is 45.4 Å². The van der Waals surface area contributed by atoms with Gasteiger partial charge in [-0.15, -0.1) is 0 Å². The summed E-state index contributed by atoms with van der Waals surface area (Å²) in [5.74, 6) is 0.0987. The fourth-order valence-electron chi connectivity index (χ4n) is 4.42. The quantitative estimate of drug-likeness (QED) is 0.532. The molecule has 184 valence electrons. The third-order valence-electron chi connectivity index (χ3n) is 6.56. The van der Waals surface area contributed by atoms with E-state index in [1.165, 1.54) is 4.31 Å². The molecule has 2 aromatic rings. The average Bonchev–Trinajstić information content (AvgIpc) is 2.84. The molecule has 1 aliphatic heterocycles. The number of piperidine rings is 1. The predicted molar refractivity (Wildman–Crippen MR) is 134 cm³/mol. The van der Waals surface area contributed by atoms with Crippen molar-refractivity contribution in [1.82, 2.24) is 9.21 Å². The highest BCUT2D eigenvalue weighted by molar-refractivity contribution is 7.89. The molecular weight excluding hydrogens is 450 g/mol. The number of rotatable bonds is 8. The molecule has 2 amide bonds. The Bertz CT molecular complexity index is 1090. The van der Waals surface area contributed by atoms with Crippen molar-refractivity contribution in [3.8, 4) is 0 Å². The molecule has 7 nitrogen and oxygen atoms in total. The average molecular weight is 486 g/mol. The highest BCUT2D eigenvalue weighted by Crippen LogP contribution is 2.28. The molecule has 1 heterocycles. The summed E-state index contributed by atoms with van der Waals surface area (Å²) < 4.78 is 27.1. The summed E-state index contributed by atoms with van der Waals surface area (Å²) in [5, 5.41) is 2.88. The van der Waals surface area contributed by atoms with Gasteiger partial charge in [0.15, 0.2) is 5.78 Å². The van der Waals surface area contributed by atoms with Crippen molar-refractivity contribution in [2.45, 2.75) is 57.4 Å². The maximum atomic E-state index is 12.8. The van der Waals surface area contributed by atoms with Crippen LogP contribution < -0.4 is 5.32 Å². The second kappa shape index (κ2) is 10.7. The molecule has 1 aliphatic rings. The van der Waals surface area contributed by atoms with E-state index >= 15 is 0 Å². The molecule has 0 bridgehead atoms. The number of carbonyl (C=O) groups excluding carboxylic acids is 2. The lowest BCUT2D eigenvalue weighted by molar-refractivity contribution is 0.0825. The van der Waals surface area contributed by atoms with Crippen LogP contribution in [-0.2, 0) is 10.0 Å². The lowest BCUT2D eigenvalue weighted by Gasteiger charge is -2.36. The number of hydrogen-bond acceptors (Lipinski definition) is 4. The van der Waals surface area contributed by atoms with E-state index in [1.54, 1.807) is 66.5 Å². The van der Waals surface area contributed by atoms with Crippen molar-refractivity contribution in [3.05, 3.63) is 60.2 Å². The summed E-state index contributed by atoms with van der Waals surface area (Å²) in [6.07, 6.45) is 2.89. The summed E-state index contributed by atoms with van der Waals surface area (Å²) >= 11 is 0. The maximum absolute atomic E-state index is 12.8. The van der Waals surface area contributed by atoms with Crippen LogP contribution in [-0.4, -0.2) is 55.6 Å². The van der Waals surface area contributed by atoms with Crippen molar-refractivity contribution >= 4 is 27.5 Å². The van der Waals surface area contributed by atoms with Crippen LogP contribution in [0.4, 0.5) is 10.5 Å². The van der Waals surface area contributed by atoms with Gasteiger partial charge in [0, 0.05) is 42.8 Å². The first kappa shape index (κ1) is 25.9. The minimum absolute atomic E-state index is 0.0575. The Morgan fingerprint density at radius 3 is 2.18 bits per heavy atom. The van der Waals surface area contributed by atoms with E-state index in [1.807, 2.05) is 13.8 Å². The topological polar surface area (TPSA) is 86.8 Å². The van der Waals surface area contributed by atoms with Gasteiger partial charge in [-0.2, -0.15) is 4.31 Å². The van der Waals surface area contributed by atoms with Crippen molar-refractivity contribution in [1.29, 1.82) is 0 Å². The Labute approximate surface area is 203 Å². The first-order valence-corrected chi connectivity index (χ1v) is 13.2. The van der Waals surface area contributed by atoms with Crippen LogP contribution in [0.5, 0.6) is 0 Å². The number of benzene rings is 2. The van der Waals surface area contributed by atoms with Crippen molar-refractivity contribution in [3.63, 3.8) is 0 Å². The molecule has 3 rings (SSSR count). The van der Waals surface area contributed by atoms with Gasteiger partial charge in [0.25, 0.3) is 0 Å². The summed E-state index contributed by atoms with van der Waals surface area (Å²) in [6, 6.07) is 15.1. The van der Waals surface area contributed by atoms with Gasteiger partial charge in [0.1, 0.15) is 0 Å². The largest absolute Gasteiger partial charge is 0.325 e. The molecule has 0 saturated carbocycles. The second-order valence-electron chi connectivity index (χ2n) is 9.53. The number of carbonyl (C=O) groups is 2. The van der Waals surface area contributed by atoms with Crippen molar-refractivity contribution in [2.75, 3.05) is 25.5 Å². The molecule has 0 radical (unpaired) electrons. The number of Topliss-reactive ketones (excluding diaryl/α,β-unsaturated/α-hetero) is 1. The van der Waals surface area contributed by atoms with E-state index in [0.717, 1.165) is 12.8 Å². The molecule has 1 fully saturated rings. The van der Waals surface area contributed by atoms with Gasteiger partial charge in [-0.3, -0.25) is 4.79 Å². The molecule has 0 unspecified atom stereocenters. The van der Waals surface area contributed by atoms with Crippen LogP contribution in [0, 0.1) is 5.41 Å². The third-order valence-corrected chi connectivity index (χ3v) is 8.47. The predicted octanol–water partition coefficient (Wildman–Crippen LogP) is 5.01. The molecule has 34 heavy (non-hydrogen) atoms. The van der Waals surface area contributed by atoms with Crippen LogP contribution in [0.25, 0.3) is 0 Å². The monoisotopic (exact) mass is 485 g/mol. The fourth-order valence-corrected chi connectivity index (χ4v) is 5.91. The van der Waals surface area contributed by atoms with E-state index in [4.69, 9.17) is 0 Å². The first-order chi connectivity index (χ1) is 16.1. The van der Waals surface area contributed by atoms with E-state index < -0.39 is 15.4 Å². The van der Waals surface area contributed by atoms with Gasteiger partial charge in [0.2, 0.25) is 10.0 Å². The number of hydrogen-bond donors (Lipinski definition) is 1. The Morgan fingerprint density at radius 2 is 1.62 bits per heavy atom. The number of nitrogens with zero attached hydrogens (tertiary/aromatic N) is 2. The number of urea groups is 1. The minimum atomic E-state index is -3.52. The molecule has 0 spiro atoms. The summed E-state index contributed by atoms with van der Waals surface area (Å²) in [7, 11) is -1.79. The zero-order chi connectivity index (χ0) is 24.9. The molecule has 8 heteroatoms. The highest BCUT2D eigenvalue weighted by Gasteiger charge is 2.32. The SMILES string of the molecule is CCCC(C)(C)C(=O)c1ccc(NC(=O)N(C)C2CCN(S(=O)(=O)c3ccccc3)CC2)cc1. The fraction of sp³-hybridized carbons (Fsp3) is 0.462. The van der Waals surface area contributed by atoms with Crippen LogP contribution in [0.3, 0.4) is 0 Å². The normalized spacial score (nSPS) is 15.6. The summed E-state index contributed by atoms with van der Waals surface area (Å²) in [5.41, 5.74) is 0.838. The molecule has 1 N–H and O–H groups in total. The van der Waals surface area contributed by atoms with Crippen LogP contribution >= 0.6 is 0 Å². The summed E-state index contributed by atoms with van der Waals surface area (Å²) in [6.45, 7) is 6.71. The van der Waals surface area contributed by atoms with Gasteiger partial charge in [-0.25, -0.2) is 13.2 Å². The molecule has 0 aliphatic carbocycles. The Hall–Kier alpha value is -2.71. The number of anilines is 1. The lowest BCUT2D eigenvalue weighted by atomic mass is 9.80. The van der Waals surface area contributed by atoms with Crippen molar-refractivity contribution < 1.29 is 18.0 Å². The van der Waals surface area contributed by atoms with Crippen LogP contribution in [0.15, 0.2) is 59.5 Å². The number of nitrogens with one attached hydrogen (secondary N) is 1. The van der Waals surface area contributed by atoms with Crippen molar-refractivity contribution in [2.24, 2.45) is 5.41 Å². The van der Waals surface area contributed by atoms with E-state index in [-0.39, 0.29) is 17.9 Å². The smallest absolute Gasteiger partial charge is 0.321 e. The van der Waals surface area contributed by atoms with E-state index in [0.29, 0.717) is 42.1 Å². The van der Waals surface area contributed by atoms with E-state index in [9.17, 15) is 18.0 Å². The molecule has 2 aromatic carbocycles. The minimum Gasteiger partial charge on any atom is -0.325 e. The Kier molecular flexibility index (Phi) is 8.15. The Balaban J connectivity index is 1.56. The van der Waals surface area contributed by atoms with Gasteiger partial charge in [0.05, 0.1) is 4.90 Å². The lowest BCUT2D eigenvalue weighted by Crippen LogP contribution is -2.48. The Morgan fingerprint density at radius 1 is 1.03 bits per heavy atom. The number of amides is 2. The zero-order valence-corrected chi connectivity index (χ0v) is 21.3. The van der Waals surface area contributed by atoms with Gasteiger partial charge in [-0.05, 0) is 55.7 Å². The molecule has 0 aromatic heterocycles. The van der Waals surface area contributed by atoms with Crippen LogP contribution in [0.2, 0.25) is 0 Å². The molecule has 1 saturated heterocycles.